The monoisotopic (exact) mass is 194 g/mol. The highest BCUT2D eigenvalue weighted by Gasteiger charge is 2.03. The minimum absolute atomic E-state index is 0.245. The summed E-state index contributed by atoms with van der Waals surface area (Å²) < 4.78 is 13.0. The topological polar surface area (TPSA) is 35.9 Å². The van der Waals surface area contributed by atoms with Crippen LogP contribution in [0.5, 0.6) is 0 Å². The SMILES string of the molecule is C=C.CNc1cc(F)c(C)cc1C=N. The summed E-state index contributed by atoms with van der Waals surface area (Å²) in [5.74, 6) is -0.245. The van der Waals surface area contributed by atoms with Gasteiger partial charge < -0.3 is 10.7 Å². The Kier molecular flexibility index (Phi) is 5.22. The molecule has 0 bridgehead atoms. The van der Waals surface area contributed by atoms with E-state index >= 15 is 0 Å². The first-order valence-corrected chi connectivity index (χ1v) is 4.17. The van der Waals surface area contributed by atoms with Crippen molar-refractivity contribution in [3.05, 3.63) is 42.2 Å². The Morgan fingerprint density at radius 3 is 2.43 bits per heavy atom. The quantitative estimate of drug-likeness (QED) is 0.551. The van der Waals surface area contributed by atoms with Gasteiger partial charge in [-0.15, -0.1) is 13.2 Å². The van der Waals surface area contributed by atoms with Crippen molar-refractivity contribution in [2.45, 2.75) is 6.92 Å². The van der Waals surface area contributed by atoms with E-state index in [1.165, 1.54) is 12.3 Å². The molecule has 76 valence electrons. The third-order valence-electron chi connectivity index (χ3n) is 1.76. The third-order valence-corrected chi connectivity index (χ3v) is 1.76. The largest absolute Gasteiger partial charge is 0.388 e. The molecule has 1 aromatic rings. The molecule has 14 heavy (non-hydrogen) atoms. The van der Waals surface area contributed by atoms with Crippen LogP contribution in [0.4, 0.5) is 10.1 Å². The summed E-state index contributed by atoms with van der Waals surface area (Å²) in [6.07, 6.45) is 1.21. The van der Waals surface area contributed by atoms with Crippen LogP contribution in [0.25, 0.3) is 0 Å². The highest BCUT2D eigenvalue weighted by Crippen LogP contribution is 2.17. The number of hydrogen-bond acceptors (Lipinski definition) is 2. The number of nitrogens with one attached hydrogen (secondary N) is 2. The summed E-state index contributed by atoms with van der Waals surface area (Å²) in [6, 6.07) is 3.05. The Bertz CT molecular complexity index is 321. The average molecular weight is 194 g/mol. The molecule has 0 aliphatic heterocycles. The van der Waals surface area contributed by atoms with E-state index in [0.717, 1.165) is 0 Å². The number of rotatable bonds is 2. The van der Waals surface area contributed by atoms with Crippen LogP contribution in [0.1, 0.15) is 11.1 Å². The Balaban J connectivity index is 0.000000791. The fourth-order valence-corrected chi connectivity index (χ4v) is 1.04. The third kappa shape index (κ3) is 2.69. The maximum atomic E-state index is 13.0. The summed E-state index contributed by atoms with van der Waals surface area (Å²) >= 11 is 0. The fourth-order valence-electron chi connectivity index (χ4n) is 1.04. The van der Waals surface area contributed by atoms with Crippen LogP contribution < -0.4 is 5.32 Å². The van der Waals surface area contributed by atoms with Gasteiger partial charge in [0.15, 0.2) is 0 Å². The zero-order valence-electron chi connectivity index (χ0n) is 8.52. The lowest BCUT2D eigenvalue weighted by Gasteiger charge is -2.06. The van der Waals surface area contributed by atoms with Crippen LogP contribution >= 0.6 is 0 Å². The van der Waals surface area contributed by atoms with Gasteiger partial charge in [0, 0.05) is 24.5 Å². The van der Waals surface area contributed by atoms with E-state index in [-0.39, 0.29) is 5.82 Å². The van der Waals surface area contributed by atoms with Crippen molar-refractivity contribution in [1.29, 1.82) is 5.41 Å². The first-order valence-electron chi connectivity index (χ1n) is 4.17. The summed E-state index contributed by atoms with van der Waals surface area (Å²) in [4.78, 5) is 0. The van der Waals surface area contributed by atoms with Gasteiger partial charge in [0.2, 0.25) is 0 Å². The van der Waals surface area contributed by atoms with Gasteiger partial charge in [0.05, 0.1) is 0 Å². The van der Waals surface area contributed by atoms with E-state index in [2.05, 4.69) is 18.5 Å². The molecule has 0 atom stereocenters. The minimum atomic E-state index is -0.245. The van der Waals surface area contributed by atoms with Crippen molar-refractivity contribution in [1.82, 2.24) is 0 Å². The van der Waals surface area contributed by atoms with E-state index in [9.17, 15) is 4.39 Å². The Morgan fingerprint density at radius 1 is 1.43 bits per heavy atom. The highest BCUT2D eigenvalue weighted by molar-refractivity contribution is 5.86. The van der Waals surface area contributed by atoms with E-state index in [0.29, 0.717) is 16.8 Å². The fraction of sp³-hybridized carbons (Fsp3) is 0.182. The van der Waals surface area contributed by atoms with Crippen LogP contribution in [0.15, 0.2) is 25.3 Å². The van der Waals surface area contributed by atoms with Gasteiger partial charge in [-0.3, -0.25) is 0 Å². The van der Waals surface area contributed by atoms with Gasteiger partial charge in [0.25, 0.3) is 0 Å². The molecular formula is C11H15FN2. The molecule has 0 aliphatic carbocycles. The van der Waals surface area contributed by atoms with E-state index in [1.807, 2.05) is 0 Å². The molecule has 0 unspecified atom stereocenters. The molecule has 0 saturated carbocycles. The molecule has 0 aromatic heterocycles. The van der Waals surface area contributed by atoms with Crippen molar-refractivity contribution in [2.75, 3.05) is 12.4 Å². The van der Waals surface area contributed by atoms with Gasteiger partial charge >= 0.3 is 0 Å². The lowest BCUT2D eigenvalue weighted by atomic mass is 10.1. The molecule has 2 N–H and O–H groups in total. The first kappa shape index (κ1) is 12.4. The van der Waals surface area contributed by atoms with Crippen LogP contribution in [0, 0.1) is 18.2 Å². The first-order chi connectivity index (χ1) is 6.69. The second kappa shape index (κ2) is 5.91. The molecule has 1 rings (SSSR count). The number of aryl methyl sites for hydroxylation is 1. The second-order valence-electron chi connectivity index (χ2n) is 2.58. The molecule has 0 fully saturated rings. The van der Waals surface area contributed by atoms with Crippen molar-refractivity contribution in [2.24, 2.45) is 0 Å². The Labute approximate surface area is 84.0 Å². The highest BCUT2D eigenvalue weighted by atomic mass is 19.1. The van der Waals surface area contributed by atoms with Crippen molar-refractivity contribution in [3.63, 3.8) is 0 Å². The molecular weight excluding hydrogens is 179 g/mol. The molecule has 3 heteroatoms. The molecule has 0 saturated heterocycles. The van der Waals surface area contributed by atoms with Crippen LogP contribution in [0.3, 0.4) is 0 Å². The van der Waals surface area contributed by atoms with Crippen molar-refractivity contribution < 1.29 is 4.39 Å². The van der Waals surface area contributed by atoms with Gasteiger partial charge in [0.1, 0.15) is 5.82 Å². The predicted octanol–water partition coefficient (Wildman–Crippen LogP) is 2.98. The summed E-state index contributed by atoms with van der Waals surface area (Å²) in [5, 5.41) is 9.89. The average Bonchev–Trinajstić information content (AvgIpc) is 2.24. The summed E-state index contributed by atoms with van der Waals surface area (Å²) in [7, 11) is 1.71. The number of halogens is 1. The number of anilines is 1. The van der Waals surface area contributed by atoms with Crippen molar-refractivity contribution >= 4 is 11.9 Å². The molecule has 0 radical (unpaired) electrons. The van der Waals surface area contributed by atoms with E-state index in [4.69, 9.17) is 5.41 Å². The number of benzene rings is 1. The Morgan fingerprint density at radius 2 is 2.00 bits per heavy atom. The van der Waals surface area contributed by atoms with Crippen molar-refractivity contribution in [3.8, 4) is 0 Å². The normalized spacial score (nSPS) is 8.50. The smallest absolute Gasteiger partial charge is 0.128 e. The van der Waals surface area contributed by atoms with Crippen LogP contribution in [-0.2, 0) is 0 Å². The predicted molar refractivity (Wildman–Crippen MR) is 59.8 cm³/mol. The second-order valence-corrected chi connectivity index (χ2v) is 2.58. The van der Waals surface area contributed by atoms with Crippen LogP contribution in [0.2, 0.25) is 0 Å². The molecule has 0 amide bonds. The number of hydrogen-bond donors (Lipinski definition) is 2. The lowest BCUT2D eigenvalue weighted by molar-refractivity contribution is 0.619. The maximum Gasteiger partial charge on any atom is 0.128 e. The zero-order valence-corrected chi connectivity index (χ0v) is 8.52. The molecule has 0 heterocycles. The summed E-state index contributed by atoms with van der Waals surface area (Å²) in [5.41, 5.74) is 1.91. The van der Waals surface area contributed by atoms with E-state index in [1.54, 1.807) is 20.0 Å². The maximum absolute atomic E-state index is 13.0. The molecule has 0 aliphatic rings. The van der Waals surface area contributed by atoms with Gasteiger partial charge in [-0.2, -0.15) is 0 Å². The van der Waals surface area contributed by atoms with Gasteiger partial charge in [-0.1, -0.05) is 0 Å². The van der Waals surface area contributed by atoms with Gasteiger partial charge in [-0.05, 0) is 24.6 Å². The zero-order chi connectivity index (χ0) is 11.1. The minimum Gasteiger partial charge on any atom is -0.388 e. The van der Waals surface area contributed by atoms with Crippen LogP contribution in [-0.4, -0.2) is 13.3 Å². The standard InChI is InChI=1S/C9H11FN2.C2H4/c1-6-3-7(5-11)9(12-2)4-8(6)10;1-2/h3-5,11-12H,1-2H3;1-2H2. The van der Waals surface area contributed by atoms with Gasteiger partial charge in [-0.25, -0.2) is 4.39 Å². The lowest BCUT2D eigenvalue weighted by Crippen LogP contribution is -1.97. The molecule has 2 nitrogen and oxygen atoms in total. The molecule has 0 spiro atoms. The summed E-state index contributed by atoms with van der Waals surface area (Å²) in [6.45, 7) is 7.68. The van der Waals surface area contributed by atoms with E-state index < -0.39 is 0 Å². The molecule has 1 aromatic carbocycles. The Hall–Kier alpha value is -1.64.